The van der Waals surface area contributed by atoms with Crippen LogP contribution in [-0.4, -0.2) is 28.0 Å². The van der Waals surface area contributed by atoms with Gasteiger partial charge in [0.15, 0.2) is 0 Å². The molecule has 2 rings (SSSR count). The first-order valence-electron chi connectivity index (χ1n) is 9.09. The van der Waals surface area contributed by atoms with E-state index < -0.39 is 0 Å². The van der Waals surface area contributed by atoms with Crippen LogP contribution in [0.4, 0.5) is 4.79 Å². The number of aryl methyl sites for hydroxylation is 1. The topological polar surface area (TPSA) is 54.5 Å². The summed E-state index contributed by atoms with van der Waals surface area (Å²) in [6.07, 6.45) is 0.902. The predicted octanol–water partition coefficient (Wildman–Crippen LogP) is 4.75. The van der Waals surface area contributed by atoms with Crippen LogP contribution in [0.2, 0.25) is 0 Å². The Morgan fingerprint density at radius 3 is 2.77 bits per heavy atom. The highest BCUT2D eigenvalue weighted by atomic mass is 32.1. The molecule has 1 aromatic carbocycles. The van der Waals surface area contributed by atoms with Crippen molar-refractivity contribution < 1.29 is 9.53 Å². The van der Waals surface area contributed by atoms with E-state index in [4.69, 9.17) is 4.74 Å². The fourth-order valence-electron chi connectivity index (χ4n) is 2.49. The zero-order valence-electron chi connectivity index (χ0n) is 16.3. The number of carbonyl (C=O) groups excluding carboxylic acids is 1. The second-order valence-electron chi connectivity index (χ2n) is 6.83. The summed E-state index contributed by atoms with van der Waals surface area (Å²) in [6, 6.07) is 8.21. The van der Waals surface area contributed by atoms with E-state index in [0.29, 0.717) is 13.2 Å². The Kier molecular flexibility index (Phi) is 7.45. The summed E-state index contributed by atoms with van der Waals surface area (Å²) >= 11 is 1.57. The van der Waals surface area contributed by atoms with E-state index in [1.165, 1.54) is 5.56 Å². The number of aromatic nitrogens is 1. The molecular weight excluding hydrogens is 346 g/mol. The number of hydrogen-bond acceptors (Lipinski definition) is 4. The molecule has 0 fully saturated rings. The molecule has 5 nitrogen and oxygen atoms in total. The van der Waals surface area contributed by atoms with Gasteiger partial charge in [-0.1, -0.05) is 19.1 Å². The maximum absolute atomic E-state index is 12.5. The highest BCUT2D eigenvalue weighted by Gasteiger charge is 2.21. The average molecular weight is 376 g/mol. The van der Waals surface area contributed by atoms with E-state index in [1.54, 1.807) is 11.3 Å². The third-order valence-electron chi connectivity index (χ3n) is 4.08. The fraction of sp³-hybridized carbons (Fsp3) is 0.500. The molecule has 1 heterocycles. The van der Waals surface area contributed by atoms with Crippen LogP contribution in [0.25, 0.3) is 0 Å². The van der Waals surface area contributed by atoms with Gasteiger partial charge in [-0.15, -0.1) is 11.3 Å². The minimum absolute atomic E-state index is 0.0417. The minimum Gasteiger partial charge on any atom is -0.486 e. The number of ether oxygens (including phenoxy) is 1. The third-order valence-corrected chi connectivity index (χ3v) is 4.95. The SMILES string of the molecule is CC[C@@H](C)N(Cc1csc(COc2cccc(C)c2)n1)C(=O)NC(C)C. The smallest absolute Gasteiger partial charge is 0.318 e. The maximum atomic E-state index is 12.5. The van der Waals surface area contributed by atoms with Gasteiger partial charge in [0.1, 0.15) is 17.4 Å². The van der Waals surface area contributed by atoms with Gasteiger partial charge < -0.3 is 15.0 Å². The van der Waals surface area contributed by atoms with Gasteiger partial charge in [0.25, 0.3) is 0 Å². The first-order valence-corrected chi connectivity index (χ1v) is 9.96. The highest BCUT2D eigenvalue weighted by molar-refractivity contribution is 7.09. The summed E-state index contributed by atoms with van der Waals surface area (Å²) < 4.78 is 5.81. The Balaban J connectivity index is 1.99. The van der Waals surface area contributed by atoms with Crippen LogP contribution in [0, 0.1) is 6.92 Å². The van der Waals surface area contributed by atoms with Crippen molar-refractivity contribution >= 4 is 17.4 Å². The van der Waals surface area contributed by atoms with E-state index in [2.05, 4.69) is 24.1 Å². The molecule has 26 heavy (non-hydrogen) atoms. The molecule has 1 aromatic heterocycles. The van der Waals surface area contributed by atoms with Crippen molar-refractivity contribution in [3.05, 3.63) is 45.9 Å². The fourth-order valence-corrected chi connectivity index (χ4v) is 3.19. The van der Waals surface area contributed by atoms with Crippen LogP contribution >= 0.6 is 11.3 Å². The summed E-state index contributed by atoms with van der Waals surface area (Å²) in [4.78, 5) is 19.0. The molecule has 0 aliphatic heterocycles. The summed E-state index contributed by atoms with van der Waals surface area (Å²) in [5.41, 5.74) is 2.07. The number of amides is 2. The standard InChI is InChI=1S/C20H29N3O2S/c1-6-16(5)23(20(24)21-14(2)3)11-17-13-26-19(22-17)12-25-18-9-7-8-15(4)10-18/h7-10,13-14,16H,6,11-12H2,1-5H3,(H,21,24)/t16-/m1/s1. The summed E-state index contributed by atoms with van der Waals surface area (Å²) in [5, 5.41) is 5.89. The lowest BCUT2D eigenvalue weighted by Gasteiger charge is -2.29. The number of carbonyl (C=O) groups is 1. The lowest BCUT2D eigenvalue weighted by atomic mass is 10.2. The van der Waals surface area contributed by atoms with Gasteiger partial charge in [-0.3, -0.25) is 0 Å². The van der Waals surface area contributed by atoms with Crippen molar-refractivity contribution in [1.82, 2.24) is 15.2 Å². The van der Waals surface area contributed by atoms with Crippen molar-refractivity contribution in [3.8, 4) is 5.75 Å². The molecule has 0 aliphatic carbocycles. The second-order valence-corrected chi connectivity index (χ2v) is 7.77. The Hall–Kier alpha value is -2.08. The molecule has 142 valence electrons. The molecule has 2 amide bonds. The average Bonchev–Trinajstić information content (AvgIpc) is 3.04. The number of hydrogen-bond donors (Lipinski definition) is 1. The van der Waals surface area contributed by atoms with Crippen LogP contribution < -0.4 is 10.1 Å². The quantitative estimate of drug-likeness (QED) is 0.724. The molecule has 0 saturated heterocycles. The molecule has 2 aromatic rings. The second kappa shape index (κ2) is 9.57. The van der Waals surface area contributed by atoms with Gasteiger partial charge >= 0.3 is 6.03 Å². The van der Waals surface area contributed by atoms with Gasteiger partial charge in [0, 0.05) is 17.5 Å². The summed E-state index contributed by atoms with van der Waals surface area (Å²) in [7, 11) is 0. The normalized spacial score (nSPS) is 12.1. The number of rotatable bonds is 8. The zero-order valence-corrected chi connectivity index (χ0v) is 17.1. The van der Waals surface area contributed by atoms with Crippen LogP contribution in [0.3, 0.4) is 0 Å². The number of thiazole rings is 1. The Labute approximate surface area is 160 Å². The minimum atomic E-state index is -0.0417. The molecule has 0 unspecified atom stereocenters. The first kappa shape index (κ1) is 20.2. The Morgan fingerprint density at radius 2 is 2.12 bits per heavy atom. The van der Waals surface area contributed by atoms with Crippen molar-refractivity contribution in [2.45, 2.75) is 66.3 Å². The first-order chi connectivity index (χ1) is 12.4. The predicted molar refractivity (Wildman–Crippen MR) is 107 cm³/mol. The van der Waals surface area contributed by atoms with Gasteiger partial charge in [-0.2, -0.15) is 0 Å². The molecule has 0 bridgehead atoms. The number of nitrogens with zero attached hydrogens (tertiary/aromatic N) is 2. The van der Waals surface area contributed by atoms with E-state index >= 15 is 0 Å². The lowest BCUT2D eigenvalue weighted by molar-refractivity contribution is 0.170. The summed E-state index contributed by atoms with van der Waals surface area (Å²) in [6.45, 7) is 11.1. The van der Waals surface area contributed by atoms with Crippen molar-refractivity contribution in [3.63, 3.8) is 0 Å². The monoisotopic (exact) mass is 375 g/mol. The molecule has 0 aliphatic rings. The molecule has 0 saturated carbocycles. The Bertz CT molecular complexity index is 715. The lowest BCUT2D eigenvalue weighted by Crippen LogP contribution is -2.46. The highest BCUT2D eigenvalue weighted by Crippen LogP contribution is 2.18. The number of nitrogens with one attached hydrogen (secondary N) is 1. The molecule has 1 atom stereocenters. The molecule has 0 spiro atoms. The van der Waals surface area contributed by atoms with Gasteiger partial charge in [0.2, 0.25) is 0 Å². The van der Waals surface area contributed by atoms with Gasteiger partial charge in [-0.25, -0.2) is 9.78 Å². The van der Waals surface area contributed by atoms with Crippen LogP contribution in [0.1, 0.15) is 50.4 Å². The van der Waals surface area contributed by atoms with Gasteiger partial charge in [0.05, 0.1) is 12.2 Å². The molecule has 0 radical (unpaired) electrons. The van der Waals surface area contributed by atoms with E-state index in [1.807, 2.05) is 55.3 Å². The van der Waals surface area contributed by atoms with E-state index in [9.17, 15) is 4.79 Å². The zero-order chi connectivity index (χ0) is 19.1. The summed E-state index contributed by atoms with van der Waals surface area (Å²) in [5.74, 6) is 0.847. The van der Waals surface area contributed by atoms with E-state index in [-0.39, 0.29) is 18.1 Å². The number of benzene rings is 1. The molecular formula is C20H29N3O2S. The largest absolute Gasteiger partial charge is 0.486 e. The van der Waals surface area contributed by atoms with Gasteiger partial charge in [-0.05, 0) is 51.8 Å². The van der Waals surface area contributed by atoms with Crippen LogP contribution in [0.15, 0.2) is 29.6 Å². The number of urea groups is 1. The third kappa shape index (κ3) is 6.02. The van der Waals surface area contributed by atoms with Crippen LogP contribution in [0.5, 0.6) is 5.75 Å². The molecule has 1 N–H and O–H groups in total. The molecule has 6 heteroatoms. The van der Waals surface area contributed by atoms with Crippen molar-refractivity contribution in [2.75, 3.05) is 0 Å². The van der Waals surface area contributed by atoms with Crippen LogP contribution in [-0.2, 0) is 13.2 Å². The van der Waals surface area contributed by atoms with Crippen molar-refractivity contribution in [2.24, 2.45) is 0 Å². The Morgan fingerprint density at radius 1 is 1.35 bits per heavy atom. The van der Waals surface area contributed by atoms with Crippen molar-refractivity contribution in [1.29, 1.82) is 0 Å². The van der Waals surface area contributed by atoms with E-state index in [0.717, 1.165) is 22.9 Å². The maximum Gasteiger partial charge on any atom is 0.318 e.